The Kier molecular flexibility index (Phi) is 42.8. The number of rotatable bonds is 14. The number of anilines is 4. The zero-order valence-corrected chi connectivity index (χ0v) is 80.8. The van der Waals surface area contributed by atoms with Gasteiger partial charge in [-0.25, -0.2) is 0 Å². The van der Waals surface area contributed by atoms with Gasteiger partial charge >= 0.3 is 77.5 Å². The summed E-state index contributed by atoms with van der Waals surface area (Å²) in [5.74, 6) is 4.37. The summed E-state index contributed by atoms with van der Waals surface area (Å²) in [6.45, 7) is 58.3. The fourth-order valence-electron chi connectivity index (χ4n) is 19.2. The molecule has 0 bridgehead atoms. The number of hydrogen-bond acceptors (Lipinski definition) is 6. The van der Waals surface area contributed by atoms with Gasteiger partial charge in [-0.2, -0.15) is 55.7 Å². The third kappa shape index (κ3) is 28.7. The van der Waals surface area contributed by atoms with E-state index in [1.54, 1.807) is 0 Å². The first-order valence-electron chi connectivity index (χ1n) is 39.5. The van der Waals surface area contributed by atoms with E-state index in [1.807, 2.05) is 86.9 Å². The van der Waals surface area contributed by atoms with Gasteiger partial charge in [0.25, 0.3) is 0 Å². The van der Waals surface area contributed by atoms with E-state index in [1.165, 1.54) is 114 Å². The minimum Gasteiger partial charge on any atom is -0.660 e. The van der Waals surface area contributed by atoms with E-state index in [2.05, 4.69) is 276 Å². The van der Waals surface area contributed by atoms with E-state index < -0.39 is 24.7 Å². The van der Waals surface area contributed by atoms with Crippen LogP contribution in [0.1, 0.15) is 144 Å². The molecule has 13 rings (SSSR count). The van der Waals surface area contributed by atoms with Crippen LogP contribution in [0.3, 0.4) is 0 Å². The molecule has 0 amide bonds. The van der Waals surface area contributed by atoms with Crippen molar-refractivity contribution >= 4 is 47.5 Å². The Labute approximate surface area is 725 Å². The predicted octanol–water partition coefficient (Wildman–Crippen LogP) is 24.1. The second-order valence-corrected chi connectivity index (χ2v) is 48.5. The van der Waals surface area contributed by atoms with Crippen LogP contribution in [0.2, 0.25) is 55.9 Å². The molecule has 0 N–H and O–H groups in total. The summed E-state index contributed by atoms with van der Waals surface area (Å²) in [6, 6.07) is 37.0. The molecule has 3 saturated heterocycles. The van der Waals surface area contributed by atoms with Crippen LogP contribution in [0.4, 0.5) is 22.7 Å². The van der Waals surface area contributed by atoms with Crippen LogP contribution in [0, 0.1) is 78.6 Å². The van der Waals surface area contributed by atoms with Crippen molar-refractivity contribution in [3.8, 4) is 0 Å². The number of fused-ring (bicyclic) bond motifs is 3. The Bertz CT molecular complexity index is 3200. The molecule has 9 aliphatic rings. The van der Waals surface area contributed by atoms with Crippen molar-refractivity contribution in [2.75, 3.05) is 88.7 Å². The minimum absolute atomic E-state index is 0. The molecular formula is C93H148N9Sc3Si3. The third-order valence-electron chi connectivity index (χ3n) is 23.1. The molecular weight excluding hydrogens is 1460 g/mol. The maximum atomic E-state index is 5.34. The smallest absolute Gasteiger partial charge is 0.660 e. The molecule has 3 saturated carbocycles. The zero-order valence-electron chi connectivity index (χ0n) is 72.4. The first-order valence-corrected chi connectivity index (χ1v) is 48.6. The molecule has 586 valence electrons. The van der Waals surface area contributed by atoms with Crippen molar-refractivity contribution in [2.24, 2.45) is 35.5 Å². The van der Waals surface area contributed by atoms with Crippen molar-refractivity contribution in [1.82, 2.24) is 14.7 Å². The average Bonchev–Trinajstić information content (AvgIpc) is 1.62. The summed E-state index contributed by atoms with van der Waals surface area (Å²) in [6.07, 6.45) is 41.1. The third-order valence-corrected chi connectivity index (χ3v) is 34.2. The van der Waals surface area contributed by atoms with Gasteiger partial charge in [-0.05, 0) is 180 Å². The fourth-order valence-corrected chi connectivity index (χ4v) is 31.1. The molecule has 15 heteroatoms. The Morgan fingerprint density at radius 3 is 0.870 bits per heavy atom. The largest absolute Gasteiger partial charge is 3.00 e. The Hall–Kier alpha value is -2.65. The number of benzene rings is 4. The molecule has 4 aromatic carbocycles. The summed E-state index contributed by atoms with van der Waals surface area (Å²) in [5, 5.41) is 0. The van der Waals surface area contributed by atoms with Gasteiger partial charge in [-0.3, -0.25) is 14.7 Å². The van der Waals surface area contributed by atoms with Crippen molar-refractivity contribution in [3.63, 3.8) is 0 Å². The molecule has 12 unspecified atom stereocenters. The fraction of sp³-hybridized carbons (Fsp3) is 0.548. The molecule has 9 nitrogen and oxygen atoms in total. The molecule has 4 aromatic rings. The maximum absolute atomic E-state index is 5.34. The van der Waals surface area contributed by atoms with Crippen LogP contribution >= 0.6 is 0 Å². The number of nitrogens with zero attached hydrogens (tertiary/aromatic N) is 9. The molecule has 0 radical (unpaired) electrons. The van der Waals surface area contributed by atoms with Gasteiger partial charge in [0.05, 0.1) is 0 Å². The molecule has 0 spiro atoms. The molecule has 6 aliphatic carbocycles. The van der Waals surface area contributed by atoms with E-state index in [0.717, 1.165) is 99.2 Å². The number of allylic oxidation sites excluding steroid dienone is 9. The number of para-hydroxylation sites is 4. The Morgan fingerprint density at radius 2 is 0.620 bits per heavy atom. The van der Waals surface area contributed by atoms with Crippen LogP contribution in [-0.4, -0.2) is 148 Å². The van der Waals surface area contributed by atoms with Crippen LogP contribution in [0.15, 0.2) is 176 Å². The monoisotopic (exact) mass is 1610 g/mol. The number of likely N-dealkylation sites (tertiary alicyclic amines) is 3. The van der Waals surface area contributed by atoms with Crippen molar-refractivity contribution < 1.29 is 77.5 Å². The molecule has 3 heterocycles. The first kappa shape index (κ1) is 101. The Morgan fingerprint density at radius 1 is 0.370 bits per heavy atom. The van der Waals surface area contributed by atoms with E-state index in [9.17, 15) is 0 Å². The van der Waals surface area contributed by atoms with Crippen molar-refractivity contribution in [3.05, 3.63) is 251 Å². The molecule has 108 heavy (non-hydrogen) atoms. The summed E-state index contributed by atoms with van der Waals surface area (Å²) >= 11 is 0. The average molecular weight is 1610 g/mol. The second kappa shape index (κ2) is 45.6. The van der Waals surface area contributed by atoms with Gasteiger partial charge in [-0.1, -0.05) is 287 Å². The van der Waals surface area contributed by atoms with Crippen molar-refractivity contribution in [2.45, 2.75) is 218 Å². The van der Waals surface area contributed by atoms with Crippen molar-refractivity contribution in [1.29, 1.82) is 0 Å². The summed E-state index contributed by atoms with van der Waals surface area (Å²) in [5.41, 5.74) is 10.6. The van der Waals surface area contributed by atoms with Gasteiger partial charge in [-0.15, -0.1) is 34.8 Å². The number of hydrogen-bond donors (Lipinski definition) is 0. The van der Waals surface area contributed by atoms with Gasteiger partial charge in [0.2, 0.25) is 0 Å². The quantitative estimate of drug-likeness (QED) is 0.0926. The predicted molar refractivity (Wildman–Crippen MR) is 476 cm³/mol. The summed E-state index contributed by atoms with van der Waals surface area (Å²) in [4.78, 5) is 30.7. The van der Waals surface area contributed by atoms with Crippen LogP contribution in [0.25, 0.3) is 14.9 Å². The standard InChI is InChI=1S/3C19H33N2Si.C14H14N.C10H14N.C9H12N.3CH3.3Sc/c3*1-19(2,3)20-22(4,5)18-14-17(21-12-8-9-13-21)15-10-6-7-11-16(15)18;1-12-8-6-7-11-14(12)15(2)13-9-4-3-5-10-13;1-4-11(3)10-8-6-5-7-9(10)2;1-8-6-4-5-7-9(8)10(2)3;;;;;;/h3*6-7,10-11,15-18H,8-9,12-14H2,1-5H3;3-11H,1H2,2H3;5-8H,2,4H2,1,3H3;4-7H,1H2,2-3H3;3*1H3;;;/q9*-1;3*+3. The van der Waals surface area contributed by atoms with E-state index in [-0.39, 0.29) is 116 Å². The molecule has 0 aromatic heterocycles. The molecule has 6 fully saturated rings. The summed E-state index contributed by atoms with van der Waals surface area (Å²) < 4.78 is 0. The Balaban J connectivity index is 0.000000445. The topological polar surface area (TPSA) is 61.7 Å². The SMILES string of the molecule is CC(C)(C)[N-][Si](C)(C)C1CC(N2CCCC2)C2C=CC=CC21.CC(C)(C)[N-][Si](C)(C)C1CC(N2CCCC2)C2C=CC=CC21.CC(C)(C)[N-][Si](C)(C)C1CC(N2CCCC2)C2C=CC=CC21.[CH2-]c1ccccc1N(C)C.[CH2-]c1ccccc1N(C)CC.[CH2-]c1ccccc1N(C)c1ccccc1.[CH3-].[CH3-].[CH3-].[Sc+3].[Sc+3].[Sc+3]. The van der Waals surface area contributed by atoms with Crippen LogP contribution < -0.4 is 14.7 Å². The zero-order chi connectivity index (χ0) is 74.4. The summed E-state index contributed by atoms with van der Waals surface area (Å²) in [7, 11) is 3.38. The van der Waals surface area contributed by atoms with E-state index in [4.69, 9.17) is 14.9 Å². The van der Waals surface area contributed by atoms with Crippen LogP contribution in [0.5, 0.6) is 0 Å². The second-order valence-electron chi connectivity index (χ2n) is 35.7. The van der Waals surface area contributed by atoms with Gasteiger partial charge in [0, 0.05) is 30.4 Å². The normalized spacial score (nSPS) is 25.3. The minimum atomic E-state index is -1.59. The van der Waals surface area contributed by atoms with E-state index in [0.29, 0.717) is 0 Å². The van der Waals surface area contributed by atoms with Crippen LogP contribution in [-0.2, 0) is 77.5 Å². The maximum Gasteiger partial charge on any atom is 3.00 e. The van der Waals surface area contributed by atoms with Gasteiger partial charge in [0.1, 0.15) is 0 Å². The first-order chi connectivity index (χ1) is 48.1. The van der Waals surface area contributed by atoms with E-state index >= 15 is 0 Å². The molecule has 3 aliphatic heterocycles. The van der Waals surface area contributed by atoms with Gasteiger partial charge in [0.15, 0.2) is 0 Å². The van der Waals surface area contributed by atoms with Gasteiger partial charge < -0.3 is 51.9 Å². The molecule has 12 atom stereocenters.